The Balaban J connectivity index is 0.950. The number of benzene rings is 8. The average molecular weight is 759 g/mol. The van der Waals surface area contributed by atoms with Crippen LogP contribution >= 0.6 is 11.5 Å². The Labute approximate surface area is 327 Å². The van der Waals surface area contributed by atoms with Crippen molar-refractivity contribution in [2.75, 3.05) is 4.90 Å². The molecule has 0 saturated carbocycles. The van der Waals surface area contributed by atoms with Crippen LogP contribution in [0.4, 0.5) is 17.1 Å². The monoisotopic (exact) mass is 758 g/mol. The summed E-state index contributed by atoms with van der Waals surface area (Å²) in [6, 6.07) is 61.3. The van der Waals surface area contributed by atoms with E-state index in [0.717, 1.165) is 38.5 Å². The molecule has 8 aromatic carbocycles. The molecule has 6 nitrogen and oxygen atoms in total. The number of fused-ring (bicyclic) bond motifs is 6. The second-order valence-electron chi connectivity index (χ2n) is 13.9. The maximum absolute atomic E-state index is 13.5. The van der Waals surface area contributed by atoms with Gasteiger partial charge in [-0.2, -0.15) is 4.37 Å². The van der Waals surface area contributed by atoms with Gasteiger partial charge in [-0.1, -0.05) is 103 Å². The van der Waals surface area contributed by atoms with Crippen LogP contribution in [-0.4, -0.2) is 22.3 Å². The molecule has 0 amide bonds. The standard InChI is InChI=1S/C48H30N4O2S2/c53-56(54)45-18-7-5-16-42(45)51(43-17-6-8-19-46(43)56)37-25-22-32(23-26-37)47-49-48(55-50-47)36-12-9-13-38(29-36)52-41-15-4-3-14-39(41)40-27-24-35(30-44(40)52)34-21-20-31-10-1-2-11-33(31)28-34/h1-30H. The molecule has 8 heteroatoms. The van der Waals surface area contributed by atoms with E-state index < -0.39 is 9.84 Å². The number of aromatic nitrogens is 3. The lowest BCUT2D eigenvalue weighted by Gasteiger charge is -2.32. The van der Waals surface area contributed by atoms with Crippen LogP contribution in [0.5, 0.6) is 0 Å². The van der Waals surface area contributed by atoms with Gasteiger partial charge in [0.1, 0.15) is 5.01 Å². The third-order valence-electron chi connectivity index (χ3n) is 10.7. The minimum absolute atomic E-state index is 0.294. The fourth-order valence-electron chi connectivity index (χ4n) is 8.06. The lowest BCUT2D eigenvalue weighted by Crippen LogP contribution is -2.21. The van der Waals surface area contributed by atoms with Crippen LogP contribution in [0.1, 0.15) is 0 Å². The highest BCUT2D eigenvalue weighted by atomic mass is 32.2. The summed E-state index contributed by atoms with van der Waals surface area (Å²) in [5.74, 6) is 0.640. The maximum Gasteiger partial charge on any atom is 0.210 e. The molecule has 0 spiro atoms. The van der Waals surface area contributed by atoms with Gasteiger partial charge in [0.05, 0.1) is 32.2 Å². The maximum atomic E-state index is 13.5. The molecule has 3 heterocycles. The van der Waals surface area contributed by atoms with Gasteiger partial charge < -0.3 is 9.47 Å². The van der Waals surface area contributed by atoms with Crippen molar-refractivity contribution in [3.63, 3.8) is 0 Å². The third kappa shape index (κ3) is 5.11. The number of hydrogen-bond acceptors (Lipinski definition) is 6. The molecule has 2 aromatic heterocycles. The molecule has 11 rings (SSSR count). The van der Waals surface area contributed by atoms with Crippen LogP contribution < -0.4 is 4.90 Å². The largest absolute Gasteiger partial charge is 0.309 e. The van der Waals surface area contributed by atoms with Crippen molar-refractivity contribution >= 4 is 71.0 Å². The first-order valence-corrected chi connectivity index (χ1v) is 20.6. The van der Waals surface area contributed by atoms with Gasteiger partial charge in [-0.25, -0.2) is 13.4 Å². The summed E-state index contributed by atoms with van der Waals surface area (Å²) in [7, 11) is -3.64. The van der Waals surface area contributed by atoms with Crippen LogP contribution in [0.3, 0.4) is 0 Å². The fraction of sp³-hybridized carbons (Fsp3) is 0. The van der Waals surface area contributed by atoms with Gasteiger partial charge in [-0.3, -0.25) is 0 Å². The summed E-state index contributed by atoms with van der Waals surface area (Å²) in [6.07, 6.45) is 0. The molecule has 0 saturated heterocycles. The first-order chi connectivity index (χ1) is 27.5. The van der Waals surface area contributed by atoms with Crippen LogP contribution in [-0.2, 0) is 9.84 Å². The average Bonchev–Trinajstić information content (AvgIpc) is 3.88. The van der Waals surface area contributed by atoms with E-state index in [4.69, 9.17) is 9.36 Å². The second kappa shape index (κ2) is 12.6. The first kappa shape index (κ1) is 32.6. The minimum Gasteiger partial charge on any atom is -0.309 e. The van der Waals surface area contributed by atoms with E-state index in [1.807, 2.05) is 53.4 Å². The van der Waals surface area contributed by atoms with Gasteiger partial charge in [0.15, 0.2) is 5.82 Å². The fourth-order valence-corrected chi connectivity index (χ4v) is 10.4. The zero-order chi connectivity index (χ0) is 37.4. The van der Waals surface area contributed by atoms with Crippen molar-refractivity contribution < 1.29 is 8.42 Å². The molecule has 0 atom stereocenters. The molecule has 266 valence electrons. The number of nitrogens with zero attached hydrogens (tertiary/aromatic N) is 4. The van der Waals surface area contributed by atoms with Crippen LogP contribution in [0, 0.1) is 0 Å². The summed E-state index contributed by atoms with van der Waals surface area (Å²) in [4.78, 5) is 7.60. The van der Waals surface area contributed by atoms with E-state index in [0.29, 0.717) is 27.0 Å². The second-order valence-corrected chi connectivity index (χ2v) is 16.6. The third-order valence-corrected chi connectivity index (χ3v) is 13.3. The topological polar surface area (TPSA) is 68.1 Å². The Morgan fingerprint density at radius 1 is 0.464 bits per heavy atom. The van der Waals surface area contributed by atoms with E-state index in [2.05, 4.69) is 114 Å². The Bertz CT molecular complexity index is 3240. The number of para-hydroxylation sites is 3. The van der Waals surface area contributed by atoms with E-state index in [9.17, 15) is 8.42 Å². The number of sulfone groups is 1. The smallest absolute Gasteiger partial charge is 0.210 e. The molecule has 1 aliphatic heterocycles. The van der Waals surface area contributed by atoms with Crippen molar-refractivity contribution in [3.05, 3.63) is 182 Å². The Kier molecular flexibility index (Phi) is 7.32. The normalized spacial score (nSPS) is 13.2. The quantitative estimate of drug-likeness (QED) is 0.175. The van der Waals surface area contributed by atoms with Gasteiger partial charge in [0.25, 0.3) is 0 Å². The summed E-state index contributed by atoms with van der Waals surface area (Å²) in [5, 5.41) is 5.69. The van der Waals surface area contributed by atoms with Crippen molar-refractivity contribution in [1.82, 2.24) is 13.9 Å². The summed E-state index contributed by atoms with van der Waals surface area (Å²) in [6.45, 7) is 0. The van der Waals surface area contributed by atoms with E-state index >= 15 is 0 Å². The molecule has 10 aromatic rings. The number of anilines is 3. The van der Waals surface area contributed by atoms with Crippen LogP contribution in [0.2, 0.25) is 0 Å². The molecule has 0 radical (unpaired) electrons. The van der Waals surface area contributed by atoms with Crippen LogP contribution in [0.15, 0.2) is 192 Å². The lowest BCUT2D eigenvalue weighted by molar-refractivity contribution is 0.595. The van der Waals surface area contributed by atoms with E-state index in [-0.39, 0.29) is 0 Å². The predicted molar refractivity (Wildman–Crippen MR) is 228 cm³/mol. The molecule has 0 bridgehead atoms. The van der Waals surface area contributed by atoms with Gasteiger partial charge in [-0.05, 0) is 112 Å². The number of hydrogen-bond donors (Lipinski definition) is 0. The molecule has 56 heavy (non-hydrogen) atoms. The van der Waals surface area contributed by atoms with Crippen molar-refractivity contribution in [3.8, 4) is 38.8 Å². The molecule has 0 aliphatic carbocycles. The lowest BCUT2D eigenvalue weighted by atomic mass is 10.00. The van der Waals surface area contributed by atoms with Gasteiger partial charge in [0.2, 0.25) is 9.84 Å². The highest BCUT2D eigenvalue weighted by molar-refractivity contribution is 7.92. The highest BCUT2D eigenvalue weighted by Crippen LogP contribution is 2.48. The summed E-state index contributed by atoms with van der Waals surface area (Å²) >= 11 is 1.38. The van der Waals surface area contributed by atoms with E-state index in [1.165, 1.54) is 44.2 Å². The zero-order valence-corrected chi connectivity index (χ0v) is 31.4. The van der Waals surface area contributed by atoms with Crippen molar-refractivity contribution in [2.24, 2.45) is 0 Å². The molecular weight excluding hydrogens is 729 g/mol. The zero-order valence-electron chi connectivity index (χ0n) is 29.7. The van der Waals surface area contributed by atoms with Gasteiger partial charge >= 0.3 is 0 Å². The van der Waals surface area contributed by atoms with Crippen molar-refractivity contribution in [1.29, 1.82) is 0 Å². The SMILES string of the molecule is O=S1(=O)c2ccccc2N(c2ccc(-c3nsc(-c4cccc(-n5c6ccccc6c6ccc(-c7ccc8ccccc8c7)cc65)c4)n3)cc2)c2ccccc21. The summed E-state index contributed by atoms with van der Waals surface area (Å²) in [5.41, 5.74) is 9.65. The highest BCUT2D eigenvalue weighted by Gasteiger charge is 2.34. The Morgan fingerprint density at radius 2 is 1.11 bits per heavy atom. The van der Waals surface area contributed by atoms with Crippen molar-refractivity contribution in [2.45, 2.75) is 9.79 Å². The molecule has 1 aliphatic rings. The molecule has 0 N–H and O–H groups in total. The Morgan fingerprint density at radius 3 is 1.91 bits per heavy atom. The minimum atomic E-state index is -3.64. The first-order valence-electron chi connectivity index (χ1n) is 18.3. The molecule has 0 unspecified atom stereocenters. The molecule has 0 fully saturated rings. The van der Waals surface area contributed by atoms with E-state index in [1.54, 1.807) is 24.3 Å². The summed E-state index contributed by atoms with van der Waals surface area (Å²) < 4.78 is 34.1. The predicted octanol–water partition coefficient (Wildman–Crippen LogP) is 12.4. The number of rotatable bonds is 5. The van der Waals surface area contributed by atoms with Crippen LogP contribution in [0.25, 0.3) is 71.4 Å². The Hall–Kier alpha value is -6.87. The molecular formula is C48H30N4O2S2. The van der Waals surface area contributed by atoms with Gasteiger partial charge in [0, 0.05) is 33.3 Å². The van der Waals surface area contributed by atoms with Gasteiger partial charge in [-0.15, -0.1) is 0 Å².